The first kappa shape index (κ1) is 7.08. The minimum atomic E-state index is -0.350. The predicted octanol–water partition coefficient (Wildman–Crippen LogP) is 0.259. The Morgan fingerprint density at radius 3 is 2.00 bits per heavy atom. The molecule has 0 saturated carbocycles. The van der Waals surface area contributed by atoms with Gasteiger partial charge in [-0.25, -0.2) is 4.90 Å². The average molecular weight is 155 g/mol. The third-order valence-electron chi connectivity index (χ3n) is 1.12. The topological polar surface area (TPSA) is 37.4 Å². The first-order valence-electron chi connectivity index (χ1n) is 2.69. The summed E-state index contributed by atoms with van der Waals surface area (Å²) in [5.41, 5.74) is 0. The van der Waals surface area contributed by atoms with Gasteiger partial charge in [0.15, 0.2) is 0 Å². The summed E-state index contributed by atoms with van der Waals surface area (Å²) < 4.78 is 0. The number of amides is 2. The average Bonchev–Trinajstić information content (AvgIpc) is 2.11. The van der Waals surface area contributed by atoms with Gasteiger partial charge >= 0.3 is 0 Å². The third-order valence-corrected chi connectivity index (χ3v) is 1.31. The fraction of sp³-hybridized carbons (Fsp3) is 0.167. The maximum absolute atomic E-state index is 10.8. The molecule has 0 radical (unpaired) electrons. The number of hydrogen-bond donors (Lipinski definition) is 0. The first-order chi connectivity index (χ1) is 4.63. The second-order valence-electron chi connectivity index (χ2n) is 1.86. The zero-order valence-corrected chi connectivity index (χ0v) is 6.14. The Morgan fingerprint density at radius 2 is 1.80 bits per heavy atom. The van der Waals surface area contributed by atoms with E-state index in [0.717, 1.165) is 4.90 Å². The summed E-state index contributed by atoms with van der Waals surface area (Å²) in [6.07, 6.45) is 2.41. The van der Waals surface area contributed by atoms with Crippen LogP contribution in [0.15, 0.2) is 12.2 Å². The number of rotatable bonds is 0. The highest BCUT2D eigenvalue weighted by Crippen LogP contribution is 2.03. The lowest BCUT2D eigenvalue weighted by Gasteiger charge is -2.09. The molecule has 0 aromatic carbocycles. The molecule has 52 valence electrons. The lowest BCUT2D eigenvalue weighted by atomic mass is 10.5. The fourth-order valence-electron chi connectivity index (χ4n) is 0.711. The van der Waals surface area contributed by atoms with Gasteiger partial charge in [0, 0.05) is 12.2 Å². The summed E-state index contributed by atoms with van der Waals surface area (Å²) in [4.78, 5) is 22.8. The van der Waals surface area contributed by atoms with E-state index in [4.69, 9.17) is 0 Å². The van der Waals surface area contributed by atoms with Crippen molar-refractivity contribution in [2.24, 2.45) is 0 Å². The largest absolute Gasteiger partial charge is 0.269 e. The maximum Gasteiger partial charge on any atom is 0.258 e. The van der Waals surface area contributed by atoms with Gasteiger partial charge < -0.3 is 0 Å². The van der Waals surface area contributed by atoms with Crippen LogP contribution in [0.3, 0.4) is 0 Å². The van der Waals surface area contributed by atoms with E-state index in [1.54, 1.807) is 0 Å². The monoisotopic (exact) mass is 155 g/mol. The molecule has 4 heteroatoms. The summed E-state index contributed by atoms with van der Waals surface area (Å²) >= 11 is 4.65. The van der Waals surface area contributed by atoms with Crippen LogP contribution < -0.4 is 0 Å². The molecule has 0 unspecified atom stereocenters. The maximum atomic E-state index is 10.8. The normalized spacial score (nSPS) is 16.7. The van der Waals surface area contributed by atoms with Crippen LogP contribution in [0.25, 0.3) is 0 Å². The van der Waals surface area contributed by atoms with Crippen molar-refractivity contribution in [1.29, 1.82) is 0 Å². The zero-order valence-electron chi connectivity index (χ0n) is 5.33. The number of nitrogens with zero attached hydrogens (tertiary/aromatic N) is 1. The molecular formula is C6H5NO2S. The van der Waals surface area contributed by atoms with Crippen LogP contribution in [0.5, 0.6) is 0 Å². The van der Waals surface area contributed by atoms with E-state index < -0.39 is 0 Å². The highest BCUT2D eigenvalue weighted by molar-refractivity contribution is 7.80. The van der Waals surface area contributed by atoms with Gasteiger partial charge in [0.25, 0.3) is 11.8 Å². The van der Waals surface area contributed by atoms with Crippen molar-refractivity contribution in [2.45, 2.75) is 6.92 Å². The van der Waals surface area contributed by atoms with Crippen molar-refractivity contribution in [3.8, 4) is 0 Å². The van der Waals surface area contributed by atoms with Gasteiger partial charge in [-0.1, -0.05) is 12.2 Å². The number of carbonyl (C=O) groups is 2. The van der Waals surface area contributed by atoms with Gasteiger partial charge in [-0.2, -0.15) is 0 Å². The molecule has 2 amide bonds. The van der Waals surface area contributed by atoms with Crippen LogP contribution in [-0.4, -0.2) is 21.7 Å². The van der Waals surface area contributed by atoms with Gasteiger partial charge in [0.2, 0.25) is 0 Å². The van der Waals surface area contributed by atoms with Gasteiger partial charge in [0.1, 0.15) is 0 Å². The Bertz CT molecular complexity index is 226. The van der Waals surface area contributed by atoms with E-state index in [1.807, 2.05) is 0 Å². The van der Waals surface area contributed by atoms with E-state index in [1.165, 1.54) is 19.1 Å². The second kappa shape index (κ2) is 2.30. The summed E-state index contributed by atoms with van der Waals surface area (Å²) in [7, 11) is 0. The predicted molar refractivity (Wildman–Crippen MR) is 39.3 cm³/mol. The smallest absolute Gasteiger partial charge is 0.258 e. The molecule has 10 heavy (non-hydrogen) atoms. The van der Waals surface area contributed by atoms with Crippen molar-refractivity contribution in [2.75, 3.05) is 0 Å². The number of imide groups is 1. The Labute approximate surface area is 63.3 Å². The Kier molecular flexibility index (Phi) is 1.63. The van der Waals surface area contributed by atoms with E-state index in [9.17, 15) is 9.59 Å². The molecular weight excluding hydrogens is 150 g/mol. The van der Waals surface area contributed by atoms with Gasteiger partial charge in [0.05, 0.1) is 4.99 Å². The first-order valence-corrected chi connectivity index (χ1v) is 3.10. The standard InChI is InChI=1S/C6H5NO2S/c1-4(10)7-5(8)2-3-6(7)9/h2-3H,1H3. The van der Waals surface area contributed by atoms with Crippen LogP contribution in [0.1, 0.15) is 6.92 Å². The van der Waals surface area contributed by atoms with Crippen LogP contribution in [-0.2, 0) is 9.59 Å². The van der Waals surface area contributed by atoms with Gasteiger partial charge in [-0.3, -0.25) is 9.59 Å². The van der Waals surface area contributed by atoms with Crippen molar-refractivity contribution < 1.29 is 9.59 Å². The Hall–Kier alpha value is -1.03. The molecule has 0 spiro atoms. The number of thiocarbonyl (C=S) groups is 1. The Morgan fingerprint density at radius 1 is 1.40 bits per heavy atom. The molecule has 1 aliphatic heterocycles. The lowest BCUT2D eigenvalue weighted by molar-refractivity contribution is -0.131. The van der Waals surface area contributed by atoms with E-state index in [-0.39, 0.29) is 11.8 Å². The van der Waals surface area contributed by atoms with Gasteiger partial charge in [-0.05, 0) is 6.92 Å². The number of hydrogen-bond acceptors (Lipinski definition) is 3. The molecule has 0 aromatic heterocycles. The lowest BCUT2D eigenvalue weighted by Crippen LogP contribution is -2.33. The molecule has 1 heterocycles. The minimum absolute atomic E-state index is 0.292. The van der Waals surface area contributed by atoms with Gasteiger partial charge in [-0.15, -0.1) is 0 Å². The molecule has 0 fully saturated rings. The molecule has 3 nitrogen and oxygen atoms in total. The van der Waals surface area contributed by atoms with Crippen molar-refractivity contribution in [1.82, 2.24) is 4.90 Å². The molecule has 0 N–H and O–H groups in total. The number of carbonyl (C=O) groups excluding carboxylic acids is 2. The molecule has 1 rings (SSSR count). The van der Waals surface area contributed by atoms with Crippen LogP contribution in [0.4, 0.5) is 0 Å². The van der Waals surface area contributed by atoms with Crippen LogP contribution >= 0.6 is 12.2 Å². The summed E-state index contributed by atoms with van der Waals surface area (Å²) in [5, 5.41) is 0. The molecule has 1 aliphatic rings. The van der Waals surface area contributed by atoms with Crippen molar-refractivity contribution in [3.63, 3.8) is 0 Å². The van der Waals surface area contributed by atoms with E-state index >= 15 is 0 Å². The molecule has 0 atom stereocenters. The van der Waals surface area contributed by atoms with Crippen molar-refractivity contribution in [3.05, 3.63) is 12.2 Å². The van der Waals surface area contributed by atoms with Crippen LogP contribution in [0, 0.1) is 0 Å². The third kappa shape index (κ3) is 0.974. The fourth-order valence-corrected chi connectivity index (χ4v) is 0.891. The zero-order chi connectivity index (χ0) is 7.72. The van der Waals surface area contributed by atoms with E-state index in [2.05, 4.69) is 12.2 Å². The molecule has 0 aromatic rings. The molecule has 0 saturated heterocycles. The SMILES string of the molecule is CC(=S)N1C(=O)C=CC1=O. The highest BCUT2D eigenvalue weighted by Gasteiger charge is 2.24. The highest BCUT2D eigenvalue weighted by atomic mass is 32.1. The summed E-state index contributed by atoms with van der Waals surface area (Å²) in [6.45, 7) is 1.54. The van der Waals surface area contributed by atoms with Crippen LogP contribution in [0.2, 0.25) is 0 Å². The Balaban J connectivity index is 2.90. The molecule has 0 bridgehead atoms. The quantitative estimate of drug-likeness (QED) is 0.372. The minimum Gasteiger partial charge on any atom is -0.269 e. The summed E-state index contributed by atoms with van der Waals surface area (Å²) in [6, 6.07) is 0. The summed E-state index contributed by atoms with van der Waals surface area (Å²) in [5.74, 6) is -0.699. The molecule has 0 aliphatic carbocycles. The van der Waals surface area contributed by atoms with E-state index in [0.29, 0.717) is 4.99 Å². The van der Waals surface area contributed by atoms with Crippen molar-refractivity contribution >= 4 is 29.0 Å². The second-order valence-corrected chi connectivity index (χ2v) is 2.46.